The molecule has 2 atom stereocenters. The minimum atomic E-state index is -0.817. The Kier molecular flexibility index (Phi) is 24.8. The zero-order valence-electron chi connectivity index (χ0n) is 49.9. The van der Waals surface area contributed by atoms with E-state index in [0.29, 0.717) is 39.5 Å². The number of aliphatic carboxylic acids is 1. The van der Waals surface area contributed by atoms with Gasteiger partial charge < -0.3 is 38.3 Å². The Labute approximate surface area is 478 Å². The minimum Gasteiger partial charge on any atom is -0.497 e. The number of esters is 1. The number of benzene rings is 6. The number of allylic oxidation sites excluding steroid dienone is 4. The summed E-state index contributed by atoms with van der Waals surface area (Å²) < 4.78 is 41.1. The van der Waals surface area contributed by atoms with Crippen LogP contribution in [0.5, 0.6) is 34.5 Å². The molecule has 0 unspecified atom stereocenters. The fraction of sp³-hybridized carbons (Fsp3) is 0.400. The second-order valence-electron chi connectivity index (χ2n) is 22.0. The first-order valence-electron chi connectivity index (χ1n) is 28.3. The number of carboxylic acid groups (broad SMARTS) is 1. The van der Waals surface area contributed by atoms with Crippen molar-refractivity contribution in [1.82, 2.24) is 0 Å². The summed E-state index contributed by atoms with van der Waals surface area (Å²) in [6.45, 7) is 25.9. The van der Waals surface area contributed by atoms with Crippen molar-refractivity contribution in [3.05, 3.63) is 179 Å². The van der Waals surface area contributed by atoms with E-state index in [1.807, 2.05) is 124 Å². The number of carbonyl (C=O) groups excluding carboxylic acids is 1. The van der Waals surface area contributed by atoms with Crippen LogP contribution in [0.1, 0.15) is 160 Å². The highest BCUT2D eigenvalue weighted by Crippen LogP contribution is 2.42. The van der Waals surface area contributed by atoms with Gasteiger partial charge in [-0.25, -0.2) is 0 Å². The molecule has 0 fully saturated rings. The van der Waals surface area contributed by atoms with Crippen molar-refractivity contribution in [1.29, 1.82) is 0 Å². The molecule has 1 N–H and O–H groups in total. The quantitative estimate of drug-likeness (QED) is 0.0303. The predicted octanol–water partition coefficient (Wildman–Crippen LogP) is 17.6. The average molecular weight is 1090 g/mol. The first kappa shape index (κ1) is 63.4. The van der Waals surface area contributed by atoms with Crippen LogP contribution in [0.15, 0.2) is 146 Å². The van der Waals surface area contributed by atoms with Crippen LogP contribution in [0.3, 0.4) is 0 Å². The molecule has 6 rings (SSSR count). The van der Waals surface area contributed by atoms with E-state index in [1.165, 1.54) is 11.1 Å². The fourth-order valence-electron chi connectivity index (χ4n) is 9.32. The summed E-state index contributed by atoms with van der Waals surface area (Å²) in [7, 11) is 3.37. The van der Waals surface area contributed by atoms with Crippen molar-refractivity contribution in [3.63, 3.8) is 0 Å². The number of hydrogen-bond acceptors (Lipinski definition) is 9. The SMILES string of the molecule is C/C=C/[C@H](CC(=O)O)c1ccc(OCc2ccc(C(C)(C)C)c(-c3cc(OC)ccc3OCCCC)c2)cc1.C/C=C/[C@H](CC(=O)OCC)c1ccc(OCc2ccc(C(C)(C)C)c(-c3cc(OC)ccc3OCCCC)c2)cc1. The zero-order chi connectivity index (χ0) is 58.2. The van der Waals surface area contributed by atoms with Gasteiger partial charge in [0.1, 0.15) is 47.7 Å². The summed E-state index contributed by atoms with van der Waals surface area (Å²) >= 11 is 0. The lowest BCUT2D eigenvalue weighted by atomic mass is 9.81. The van der Waals surface area contributed by atoms with Crippen molar-refractivity contribution < 1.29 is 47.9 Å². The molecule has 0 heterocycles. The highest BCUT2D eigenvalue weighted by atomic mass is 16.5. The minimum absolute atomic E-state index is 0.0304. The summed E-state index contributed by atoms with van der Waals surface area (Å²) in [5.41, 5.74) is 10.7. The summed E-state index contributed by atoms with van der Waals surface area (Å²) in [4.78, 5) is 23.3. The molecule has 0 aliphatic rings. The third-order valence-corrected chi connectivity index (χ3v) is 13.6. The van der Waals surface area contributed by atoms with Crippen molar-refractivity contribution in [3.8, 4) is 56.8 Å². The summed E-state index contributed by atoms with van der Waals surface area (Å²) in [5.74, 6) is 3.59. The van der Waals surface area contributed by atoms with E-state index in [0.717, 1.165) is 105 Å². The molecule has 10 nitrogen and oxygen atoms in total. The van der Waals surface area contributed by atoms with Gasteiger partial charge in [0, 0.05) is 23.0 Å². The maximum atomic E-state index is 12.1. The fourth-order valence-corrected chi connectivity index (χ4v) is 9.32. The molecule has 0 bridgehead atoms. The van der Waals surface area contributed by atoms with Gasteiger partial charge in [0.25, 0.3) is 0 Å². The van der Waals surface area contributed by atoms with E-state index >= 15 is 0 Å². The lowest BCUT2D eigenvalue weighted by Gasteiger charge is -2.25. The normalized spacial score (nSPS) is 12.3. The van der Waals surface area contributed by atoms with Crippen molar-refractivity contribution >= 4 is 11.9 Å². The molecular weight excluding hydrogens is 1000 g/mol. The van der Waals surface area contributed by atoms with Gasteiger partial charge in [-0.3, -0.25) is 9.59 Å². The van der Waals surface area contributed by atoms with Gasteiger partial charge in [0.15, 0.2) is 0 Å². The zero-order valence-corrected chi connectivity index (χ0v) is 49.9. The third-order valence-electron chi connectivity index (χ3n) is 13.6. The van der Waals surface area contributed by atoms with Crippen LogP contribution in [0.25, 0.3) is 22.3 Å². The molecule has 0 saturated carbocycles. The highest BCUT2D eigenvalue weighted by Gasteiger charge is 2.24. The smallest absolute Gasteiger partial charge is 0.306 e. The standard InChI is InChI=1S/C36H46O5.C34H42O5/c1-8-11-21-40-34-20-18-30(38-7)24-32(34)31-22-26(13-19-33(31)36(4,5)6)25-41-29-16-14-27(15-17-29)28(12-9-2)23-35(37)39-10-3;1-7-9-19-38-32-18-16-28(37-6)22-30(32)29-20-24(11-17-31(29)34(3,4)5)23-39-27-14-12-25(13-15-27)26(10-8-2)21-33(35)36/h9,12-20,22,24,28H,8,10-11,21,23,25H2,1-7H3;8,10-18,20,22,26H,7,9,19,21,23H2,1-6H3,(H,35,36)/b12-9+;10-8+/t28-;26-/m11/s1. The van der Waals surface area contributed by atoms with Gasteiger partial charge in [0.05, 0.1) is 46.9 Å². The Hall–Kier alpha value is -7.46. The number of ether oxygens (including phenoxy) is 7. The molecule has 6 aromatic carbocycles. The third kappa shape index (κ3) is 19.1. The molecule has 0 aliphatic carbocycles. The van der Waals surface area contributed by atoms with Crippen molar-refractivity contribution in [2.24, 2.45) is 0 Å². The van der Waals surface area contributed by atoms with Gasteiger partial charge in [-0.2, -0.15) is 0 Å². The number of carboxylic acids is 1. The molecule has 0 saturated heterocycles. The molecule has 80 heavy (non-hydrogen) atoms. The van der Waals surface area contributed by atoms with Crippen LogP contribution in [-0.2, 0) is 38.4 Å². The molecular formula is C70H88O10. The lowest BCUT2D eigenvalue weighted by Crippen LogP contribution is -2.14. The van der Waals surface area contributed by atoms with Crippen molar-refractivity contribution in [2.45, 2.75) is 151 Å². The topological polar surface area (TPSA) is 119 Å². The van der Waals surface area contributed by atoms with E-state index in [4.69, 9.17) is 33.2 Å². The molecule has 0 radical (unpaired) electrons. The summed E-state index contributed by atoms with van der Waals surface area (Å²) in [5, 5.41) is 9.24. The molecule has 0 amide bonds. The maximum Gasteiger partial charge on any atom is 0.306 e. The summed E-state index contributed by atoms with van der Waals surface area (Å²) in [6.07, 6.45) is 12.3. The average Bonchev–Trinajstić information content (AvgIpc) is 3.46. The lowest BCUT2D eigenvalue weighted by molar-refractivity contribution is -0.143. The van der Waals surface area contributed by atoms with Gasteiger partial charge >= 0.3 is 11.9 Å². The summed E-state index contributed by atoms with van der Waals surface area (Å²) in [6, 6.07) is 40.7. The van der Waals surface area contributed by atoms with Gasteiger partial charge in [0.2, 0.25) is 0 Å². The van der Waals surface area contributed by atoms with E-state index in [2.05, 4.69) is 97.9 Å². The monoisotopic (exact) mass is 1090 g/mol. The first-order chi connectivity index (χ1) is 38.3. The van der Waals surface area contributed by atoms with Crippen LogP contribution < -0.4 is 28.4 Å². The van der Waals surface area contributed by atoms with Gasteiger partial charge in [-0.15, -0.1) is 0 Å². The number of rotatable bonds is 27. The Balaban J connectivity index is 0.000000294. The van der Waals surface area contributed by atoms with E-state index in [1.54, 1.807) is 14.2 Å². The van der Waals surface area contributed by atoms with Crippen molar-refractivity contribution in [2.75, 3.05) is 34.0 Å². The molecule has 10 heteroatoms. The predicted molar refractivity (Wildman–Crippen MR) is 325 cm³/mol. The number of carbonyl (C=O) groups is 2. The van der Waals surface area contributed by atoms with Gasteiger partial charge in [-0.1, -0.05) is 141 Å². The maximum absolute atomic E-state index is 12.1. The molecule has 428 valence electrons. The van der Waals surface area contributed by atoms with E-state index in [-0.39, 0.29) is 35.1 Å². The van der Waals surface area contributed by atoms with Crippen LogP contribution in [0, 0.1) is 0 Å². The molecule has 6 aromatic rings. The Morgan fingerprint density at radius 1 is 0.500 bits per heavy atom. The molecule has 0 aromatic heterocycles. The molecule has 0 spiro atoms. The Bertz CT molecular complexity index is 2940. The largest absolute Gasteiger partial charge is 0.497 e. The highest BCUT2D eigenvalue weighted by molar-refractivity contribution is 5.78. The number of hydrogen-bond donors (Lipinski definition) is 1. The van der Waals surface area contributed by atoms with Crippen LogP contribution in [-0.4, -0.2) is 51.1 Å². The van der Waals surface area contributed by atoms with Gasteiger partial charge in [-0.05, 0) is 162 Å². The van der Waals surface area contributed by atoms with Crippen LogP contribution >= 0.6 is 0 Å². The Morgan fingerprint density at radius 2 is 0.900 bits per heavy atom. The first-order valence-corrected chi connectivity index (χ1v) is 28.3. The second kappa shape index (κ2) is 31.4. The number of methoxy groups -OCH3 is 2. The van der Waals surface area contributed by atoms with Crippen LogP contribution in [0.2, 0.25) is 0 Å². The number of unbranched alkanes of at least 4 members (excludes halogenated alkanes) is 2. The van der Waals surface area contributed by atoms with E-state index in [9.17, 15) is 14.7 Å². The van der Waals surface area contributed by atoms with E-state index < -0.39 is 5.97 Å². The molecule has 0 aliphatic heterocycles. The van der Waals surface area contributed by atoms with Crippen LogP contribution in [0.4, 0.5) is 0 Å². The second-order valence-corrected chi connectivity index (χ2v) is 22.0. The Morgan fingerprint density at radius 3 is 1.25 bits per heavy atom.